The minimum atomic E-state index is -1.12. The summed E-state index contributed by atoms with van der Waals surface area (Å²) in [6.45, 7) is 8.10. The van der Waals surface area contributed by atoms with Crippen LogP contribution in [-0.2, 0) is 9.53 Å². The number of halogens is 4. The fourth-order valence-electron chi connectivity index (χ4n) is 9.12. The summed E-state index contributed by atoms with van der Waals surface area (Å²) < 4.78 is 73.3. The number of alkyl halides is 1. The zero-order valence-corrected chi connectivity index (χ0v) is 31.4. The first-order chi connectivity index (χ1) is 27.0. The Labute approximate surface area is 322 Å². The Balaban J connectivity index is 1.12. The molecule has 4 fully saturated rings. The molecule has 2 aromatic heterocycles. The number of pyridine rings is 1. The molecular formula is C41H44F4N8O3. The summed E-state index contributed by atoms with van der Waals surface area (Å²) in [6.07, 6.45) is 6.00. The molecule has 294 valence electrons. The van der Waals surface area contributed by atoms with Gasteiger partial charge in [-0.1, -0.05) is 30.3 Å². The minimum absolute atomic E-state index is 0.0453. The lowest BCUT2D eigenvalue weighted by Gasteiger charge is -2.41. The standard InChI is InChI=1S/C41H44F4N8O3/c1-25-20-50(21-26(2)56-25)14-4-8-33(54)53-17-16-51(23-29(53)11-13-46)39-31-19-47-37(30-7-3-6-27-9-10-32(43)35(44)34(27)30)36(45)38(31)48-40(49-39)55-24-41-12-5-15-52(41)22-28(42)18-41/h3-4,6-10,19,25-26,28-29H,5,11-12,14-18,20-24H2,1-2H3/b8-4+/t25-,26-,28-,29+,41+/m1/s1. The number of fused-ring (bicyclic) bond motifs is 3. The predicted molar refractivity (Wildman–Crippen MR) is 202 cm³/mol. The Morgan fingerprint density at radius 2 is 1.88 bits per heavy atom. The van der Waals surface area contributed by atoms with E-state index in [0.717, 1.165) is 38.5 Å². The molecule has 0 N–H and O–H groups in total. The number of carbonyl (C=O) groups is 1. The van der Waals surface area contributed by atoms with Gasteiger partial charge >= 0.3 is 6.01 Å². The van der Waals surface area contributed by atoms with Gasteiger partial charge in [0, 0.05) is 75.5 Å². The van der Waals surface area contributed by atoms with Crippen molar-refractivity contribution in [2.24, 2.45) is 0 Å². The Kier molecular flexibility index (Phi) is 10.6. The van der Waals surface area contributed by atoms with Crippen molar-refractivity contribution in [2.45, 2.75) is 69.5 Å². The van der Waals surface area contributed by atoms with Gasteiger partial charge < -0.3 is 19.3 Å². The number of nitrogens with zero attached hydrogens (tertiary/aromatic N) is 8. The molecule has 0 radical (unpaired) electrons. The lowest BCUT2D eigenvalue weighted by Crippen LogP contribution is -2.55. The van der Waals surface area contributed by atoms with Crippen LogP contribution in [0.2, 0.25) is 0 Å². The number of morpholine rings is 1. The van der Waals surface area contributed by atoms with Crippen molar-refractivity contribution in [3.8, 4) is 23.3 Å². The molecule has 6 heterocycles. The molecule has 4 aromatic rings. The van der Waals surface area contributed by atoms with Crippen molar-refractivity contribution in [3.63, 3.8) is 0 Å². The van der Waals surface area contributed by atoms with E-state index in [0.29, 0.717) is 31.4 Å². The number of anilines is 1. The molecule has 4 aliphatic heterocycles. The number of amides is 1. The molecule has 0 spiro atoms. The Hall–Kier alpha value is -4.91. The van der Waals surface area contributed by atoms with Crippen molar-refractivity contribution >= 4 is 33.4 Å². The zero-order valence-electron chi connectivity index (χ0n) is 31.4. The van der Waals surface area contributed by atoms with E-state index in [1.165, 1.54) is 18.3 Å². The van der Waals surface area contributed by atoms with E-state index >= 15 is 8.78 Å². The molecule has 0 unspecified atom stereocenters. The van der Waals surface area contributed by atoms with Crippen molar-refractivity contribution < 1.29 is 31.8 Å². The van der Waals surface area contributed by atoms with E-state index in [2.05, 4.69) is 25.8 Å². The van der Waals surface area contributed by atoms with Crippen molar-refractivity contribution in [1.82, 2.24) is 29.7 Å². The van der Waals surface area contributed by atoms with E-state index in [-0.39, 0.29) is 83.6 Å². The first-order valence-electron chi connectivity index (χ1n) is 19.3. The van der Waals surface area contributed by atoms with Crippen LogP contribution >= 0.6 is 0 Å². The molecule has 2 aromatic carbocycles. The van der Waals surface area contributed by atoms with Crippen molar-refractivity contribution in [3.05, 3.63) is 66.1 Å². The molecule has 15 heteroatoms. The highest BCUT2D eigenvalue weighted by atomic mass is 19.2. The Bertz CT molecular complexity index is 2210. The maximum Gasteiger partial charge on any atom is 0.319 e. The minimum Gasteiger partial charge on any atom is -0.461 e. The summed E-state index contributed by atoms with van der Waals surface area (Å²) in [5.74, 6) is -3.00. The normalized spacial score (nSPS) is 26.0. The van der Waals surface area contributed by atoms with Gasteiger partial charge in [0.25, 0.3) is 0 Å². The van der Waals surface area contributed by atoms with Crippen LogP contribution in [0.3, 0.4) is 0 Å². The number of nitriles is 1. The van der Waals surface area contributed by atoms with E-state index in [1.54, 1.807) is 23.1 Å². The van der Waals surface area contributed by atoms with Gasteiger partial charge in [0.2, 0.25) is 5.91 Å². The maximum absolute atomic E-state index is 16.9. The van der Waals surface area contributed by atoms with Gasteiger partial charge in [-0.05, 0) is 44.7 Å². The lowest BCUT2D eigenvalue weighted by molar-refractivity contribution is -0.128. The quantitative estimate of drug-likeness (QED) is 0.153. The number of carbonyl (C=O) groups excluding carboxylic acids is 1. The number of benzene rings is 2. The number of hydrogen-bond donors (Lipinski definition) is 0. The van der Waals surface area contributed by atoms with Crippen LogP contribution < -0.4 is 9.64 Å². The monoisotopic (exact) mass is 772 g/mol. The van der Waals surface area contributed by atoms with Crippen molar-refractivity contribution in [1.29, 1.82) is 5.26 Å². The fourth-order valence-corrected chi connectivity index (χ4v) is 9.12. The number of piperazine rings is 1. The predicted octanol–water partition coefficient (Wildman–Crippen LogP) is 5.81. The van der Waals surface area contributed by atoms with Gasteiger partial charge in [-0.3, -0.25) is 19.6 Å². The van der Waals surface area contributed by atoms with Crippen LogP contribution in [-0.4, -0.2) is 124 Å². The summed E-state index contributed by atoms with van der Waals surface area (Å²) >= 11 is 0. The molecule has 8 rings (SSSR count). The molecule has 4 aliphatic rings. The van der Waals surface area contributed by atoms with Gasteiger partial charge in [0.05, 0.1) is 41.7 Å². The highest BCUT2D eigenvalue weighted by Gasteiger charge is 2.49. The molecular weight excluding hydrogens is 728 g/mol. The van der Waals surface area contributed by atoms with Crippen molar-refractivity contribution in [2.75, 3.05) is 63.9 Å². The number of aromatic nitrogens is 3. The number of hydrogen-bond acceptors (Lipinski definition) is 10. The van der Waals surface area contributed by atoms with Crippen LogP contribution in [0.1, 0.15) is 39.5 Å². The number of rotatable bonds is 9. The molecule has 0 bridgehead atoms. The average Bonchev–Trinajstić information content (AvgIpc) is 3.70. The third-order valence-corrected chi connectivity index (χ3v) is 11.6. The zero-order chi connectivity index (χ0) is 39.1. The maximum atomic E-state index is 16.9. The molecule has 11 nitrogen and oxygen atoms in total. The number of ether oxygens (including phenoxy) is 2. The second-order valence-electron chi connectivity index (χ2n) is 15.5. The van der Waals surface area contributed by atoms with Gasteiger partial charge in [-0.2, -0.15) is 15.2 Å². The Morgan fingerprint density at radius 3 is 2.68 bits per heavy atom. The van der Waals surface area contributed by atoms with Gasteiger partial charge in [-0.25, -0.2) is 17.6 Å². The molecule has 0 saturated carbocycles. The first-order valence-corrected chi connectivity index (χ1v) is 19.3. The fraction of sp³-hybridized carbons (Fsp3) is 0.488. The summed E-state index contributed by atoms with van der Waals surface area (Å²) in [7, 11) is 0. The lowest BCUT2D eigenvalue weighted by atomic mass is 9.95. The first kappa shape index (κ1) is 38.0. The average molecular weight is 773 g/mol. The summed E-state index contributed by atoms with van der Waals surface area (Å²) in [5.41, 5.74) is -0.858. The summed E-state index contributed by atoms with van der Waals surface area (Å²) in [4.78, 5) is 35.1. The third-order valence-electron chi connectivity index (χ3n) is 11.6. The molecule has 1 amide bonds. The van der Waals surface area contributed by atoms with Crippen LogP contribution in [0.4, 0.5) is 23.4 Å². The highest BCUT2D eigenvalue weighted by Crippen LogP contribution is 2.41. The van der Waals surface area contributed by atoms with E-state index < -0.39 is 35.2 Å². The van der Waals surface area contributed by atoms with Gasteiger partial charge in [0.15, 0.2) is 17.5 Å². The van der Waals surface area contributed by atoms with Crippen LogP contribution in [0.5, 0.6) is 6.01 Å². The smallest absolute Gasteiger partial charge is 0.319 e. The van der Waals surface area contributed by atoms with E-state index in [4.69, 9.17) is 14.5 Å². The molecule has 0 aliphatic carbocycles. The topological polar surface area (TPSA) is 111 Å². The highest BCUT2D eigenvalue weighted by molar-refractivity contribution is 5.99. The van der Waals surface area contributed by atoms with Crippen LogP contribution in [0.25, 0.3) is 32.9 Å². The van der Waals surface area contributed by atoms with Gasteiger partial charge in [0.1, 0.15) is 29.8 Å². The summed E-state index contributed by atoms with van der Waals surface area (Å²) in [6, 6.07) is 8.69. The second kappa shape index (κ2) is 15.6. The molecule has 4 saturated heterocycles. The summed E-state index contributed by atoms with van der Waals surface area (Å²) in [5, 5.41) is 10.3. The molecule has 5 atom stereocenters. The molecule has 56 heavy (non-hydrogen) atoms. The van der Waals surface area contributed by atoms with Crippen LogP contribution in [0, 0.1) is 28.8 Å². The van der Waals surface area contributed by atoms with E-state index in [1.807, 2.05) is 24.8 Å². The third kappa shape index (κ3) is 7.26. The second-order valence-corrected chi connectivity index (χ2v) is 15.5. The largest absolute Gasteiger partial charge is 0.461 e. The Morgan fingerprint density at radius 1 is 1.05 bits per heavy atom. The SMILES string of the molecule is C[C@@H]1CN(C/C=C/C(=O)N2CCN(c3nc(OC[C@@]45CCCN4C[C@H](F)C5)nc4c(F)c(-c5cccc6ccc(F)c(F)c56)ncc34)C[C@@H]2CC#N)C[C@@H](C)O1. The van der Waals surface area contributed by atoms with E-state index in [9.17, 15) is 18.8 Å². The van der Waals surface area contributed by atoms with Crippen LogP contribution in [0.15, 0.2) is 48.7 Å². The van der Waals surface area contributed by atoms with Gasteiger partial charge in [-0.15, -0.1) is 0 Å².